The van der Waals surface area contributed by atoms with E-state index in [4.69, 9.17) is 16.9 Å². The monoisotopic (exact) mass is 370 g/mol. The maximum atomic E-state index is 12.2. The summed E-state index contributed by atoms with van der Waals surface area (Å²) in [7, 11) is 0. The first kappa shape index (κ1) is 17.5. The van der Waals surface area contributed by atoms with E-state index in [1.54, 1.807) is 12.1 Å². The van der Waals surface area contributed by atoms with Gasteiger partial charge in [-0.3, -0.25) is 4.79 Å². The summed E-state index contributed by atoms with van der Waals surface area (Å²) in [6, 6.07) is 11.1. The molecule has 0 spiro atoms. The van der Waals surface area contributed by atoms with E-state index in [2.05, 4.69) is 5.32 Å². The summed E-state index contributed by atoms with van der Waals surface area (Å²) < 4.78 is 25.0. The van der Waals surface area contributed by atoms with Crippen LogP contribution in [-0.4, -0.2) is 11.7 Å². The van der Waals surface area contributed by atoms with E-state index in [9.17, 15) is 13.6 Å². The van der Waals surface area contributed by atoms with E-state index in [-0.39, 0.29) is 5.57 Å². The van der Waals surface area contributed by atoms with Gasteiger partial charge in [-0.05, 0) is 42.5 Å². The first-order valence-corrected chi connectivity index (χ1v) is 8.28. The lowest BCUT2D eigenvalue weighted by molar-refractivity contribution is -0.112. The zero-order valence-electron chi connectivity index (χ0n) is 11.4. The maximum absolute atomic E-state index is 12.2. The molecule has 1 aromatic heterocycles. The highest BCUT2D eigenvalue weighted by molar-refractivity contribution is 7.99. The van der Waals surface area contributed by atoms with Crippen molar-refractivity contribution < 1.29 is 13.6 Å². The first-order valence-electron chi connectivity index (χ1n) is 6.21. The van der Waals surface area contributed by atoms with Gasteiger partial charge in [0.1, 0.15) is 11.6 Å². The average Bonchev–Trinajstić information content (AvgIpc) is 2.91. The van der Waals surface area contributed by atoms with E-state index in [0.717, 1.165) is 0 Å². The second-order valence-electron chi connectivity index (χ2n) is 4.17. The van der Waals surface area contributed by atoms with Gasteiger partial charge in [0.2, 0.25) is 0 Å². The minimum absolute atomic E-state index is 0.0745. The summed E-state index contributed by atoms with van der Waals surface area (Å²) in [5.74, 6) is -3.08. The van der Waals surface area contributed by atoms with Crippen LogP contribution < -0.4 is 5.32 Å². The number of benzene rings is 1. The predicted octanol–water partition coefficient (Wildman–Crippen LogP) is 5.26. The Morgan fingerprint density at radius 3 is 2.52 bits per heavy atom. The molecule has 0 unspecified atom stereocenters. The van der Waals surface area contributed by atoms with Crippen molar-refractivity contribution in [3.63, 3.8) is 0 Å². The number of rotatable bonds is 5. The highest BCUT2D eigenvalue weighted by atomic mass is 35.5. The Morgan fingerprint density at radius 2 is 2.00 bits per heavy atom. The van der Waals surface area contributed by atoms with Gasteiger partial charge >= 0.3 is 0 Å². The zero-order chi connectivity index (χ0) is 16.8. The number of nitriles is 1. The van der Waals surface area contributed by atoms with Gasteiger partial charge in [-0.25, -0.2) is 0 Å². The molecule has 1 N–H and O–H groups in total. The molecule has 0 fully saturated rings. The number of nitrogens with zero attached hydrogens (tertiary/aromatic N) is 1. The van der Waals surface area contributed by atoms with Crippen molar-refractivity contribution in [2.24, 2.45) is 0 Å². The summed E-state index contributed by atoms with van der Waals surface area (Å²) in [5.41, 5.74) is 0.341. The van der Waals surface area contributed by atoms with Crippen LogP contribution in [0.1, 0.15) is 4.88 Å². The van der Waals surface area contributed by atoms with Crippen molar-refractivity contribution in [1.82, 2.24) is 0 Å². The first-order chi connectivity index (χ1) is 11.0. The molecule has 0 aliphatic rings. The lowest BCUT2D eigenvalue weighted by Crippen LogP contribution is -2.13. The number of nitrogens with one attached hydrogen (secondary N) is 1. The summed E-state index contributed by atoms with van der Waals surface area (Å²) in [5, 5.41) is 11.6. The molecule has 0 aliphatic carbocycles. The Kier molecular flexibility index (Phi) is 6.16. The van der Waals surface area contributed by atoms with Crippen molar-refractivity contribution in [3.05, 3.63) is 51.2 Å². The molecule has 118 valence electrons. The fourth-order valence-corrected chi connectivity index (χ4v) is 3.12. The van der Waals surface area contributed by atoms with Gasteiger partial charge in [-0.15, -0.1) is 11.3 Å². The number of alkyl halides is 2. The fourth-order valence-electron chi connectivity index (χ4n) is 1.61. The third-order valence-electron chi connectivity index (χ3n) is 2.58. The summed E-state index contributed by atoms with van der Waals surface area (Å²) in [4.78, 5) is 13.1. The van der Waals surface area contributed by atoms with Crippen LogP contribution in [-0.2, 0) is 4.79 Å². The van der Waals surface area contributed by atoms with Crippen LogP contribution in [0.25, 0.3) is 6.08 Å². The number of halogens is 3. The molecule has 1 aromatic carbocycles. The van der Waals surface area contributed by atoms with Crippen molar-refractivity contribution in [2.75, 3.05) is 5.32 Å². The van der Waals surface area contributed by atoms with Gasteiger partial charge < -0.3 is 5.32 Å². The lowest BCUT2D eigenvalue weighted by atomic mass is 10.2. The molecule has 2 aromatic rings. The van der Waals surface area contributed by atoms with Gasteiger partial charge in [-0.2, -0.15) is 14.0 Å². The van der Waals surface area contributed by atoms with Crippen molar-refractivity contribution in [2.45, 2.75) is 10.7 Å². The molecule has 1 heterocycles. The number of carbonyl (C=O) groups excluding carboxylic acids is 1. The second-order valence-corrected chi connectivity index (χ2v) is 6.98. The molecule has 0 aliphatic heterocycles. The Morgan fingerprint density at radius 1 is 1.30 bits per heavy atom. The van der Waals surface area contributed by atoms with Gasteiger partial charge in [0, 0.05) is 15.5 Å². The Hall–Kier alpha value is -1.88. The van der Waals surface area contributed by atoms with Crippen LogP contribution in [0.4, 0.5) is 14.5 Å². The lowest BCUT2D eigenvalue weighted by Gasteiger charge is -2.05. The smallest absolute Gasteiger partial charge is 0.288 e. The van der Waals surface area contributed by atoms with E-state index >= 15 is 0 Å². The molecule has 3 nitrogen and oxygen atoms in total. The van der Waals surface area contributed by atoms with Crippen LogP contribution in [0.3, 0.4) is 0 Å². The largest absolute Gasteiger partial charge is 0.321 e. The molecule has 0 radical (unpaired) electrons. The van der Waals surface area contributed by atoms with Crippen LogP contribution >= 0.6 is 34.7 Å². The molecule has 0 atom stereocenters. The molecule has 0 saturated heterocycles. The Labute approximate surface area is 144 Å². The molecule has 0 saturated carbocycles. The van der Waals surface area contributed by atoms with Crippen molar-refractivity contribution >= 4 is 52.4 Å². The standard InChI is InChI=1S/C15H9ClF2N2OS2/c16-13-6-5-12(22-13)7-9(8-19)14(21)20-10-1-3-11(4-2-10)23-15(17)18/h1-7,15H,(H,20,21)/b9-7+. The predicted molar refractivity (Wildman–Crippen MR) is 89.9 cm³/mol. The molecular weight excluding hydrogens is 362 g/mol. The molecule has 23 heavy (non-hydrogen) atoms. The number of thiophene rings is 1. The third-order valence-corrected chi connectivity index (χ3v) is 4.48. The molecule has 8 heteroatoms. The molecule has 1 amide bonds. The van der Waals surface area contributed by atoms with E-state index in [1.165, 1.54) is 41.7 Å². The average molecular weight is 371 g/mol. The van der Waals surface area contributed by atoms with Gasteiger partial charge in [0.25, 0.3) is 11.7 Å². The van der Waals surface area contributed by atoms with Crippen LogP contribution in [0.2, 0.25) is 4.34 Å². The summed E-state index contributed by atoms with van der Waals surface area (Å²) in [6.45, 7) is 0. The fraction of sp³-hybridized carbons (Fsp3) is 0.0667. The number of hydrogen-bond acceptors (Lipinski definition) is 4. The number of hydrogen-bond donors (Lipinski definition) is 1. The van der Waals surface area contributed by atoms with Crippen molar-refractivity contribution in [3.8, 4) is 6.07 Å². The van der Waals surface area contributed by atoms with Gasteiger partial charge in [0.05, 0.1) is 4.34 Å². The molecule has 2 rings (SSSR count). The minimum Gasteiger partial charge on any atom is -0.321 e. The normalized spacial score (nSPS) is 11.3. The highest BCUT2D eigenvalue weighted by Gasteiger charge is 2.11. The van der Waals surface area contributed by atoms with Crippen LogP contribution in [0, 0.1) is 11.3 Å². The van der Waals surface area contributed by atoms with E-state index < -0.39 is 11.7 Å². The number of carbonyl (C=O) groups is 1. The summed E-state index contributed by atoms with van der Waals surface area (Å²) >= 11 is 7.46. The quantitative estimate of drug-likeness (QED) is 0.443. The van der Waals surface area contributed by atoms with Gasteiger partial charge in [0.15, 0.2) is 0 Å². The Balaban J connectivity index is 2.08. The van der Waals surface area contributed by atoms with Crippen LogP contribution in [0.15, 0.2) is 46.9 Å². The number of anilines is 1. The number of thioether (sulfide) groups is 1. The summed E-state index contributed by atoms with van der Waals surface area (Å²) in [6.07, 6.45) is 1.44. The second kappa shape index (κ2) is 8.11. The van der Waals surface area contributed by atoms with Crippen molar-refractivity contribution in [1.29, 1.82) is 5.26 Å². The minimum atomic E-state index is -2.50. The Bertz CT molecular complexity index is 767. The zero-order valence-corrected chi connectivity index (χ0v) is 13.8. The van der Waals surface area contributed by atoms with Gasteiger partial charge in [-0.1, -0.05) is 23.4 Å². The van der Waals surface area contributed by atoms with Crippen LogP contribution in [0.5, 0.6) is 0 Å². The third kappa shape index (κ3) is 5.36. The highest BCUT2D eigenvalue weighted by Crippen LogP contribution is 2.26. The SMILES string of the molecule is N#C/C(=C\c1ccc(Cl)s1)C(=O)Nc1ccc(SC(F)F)cc1. The molecule has 0 bridgehead atoms. The number of amides is 1. The topological polar surface area (TPSA) is 52.9 Å². The van der Waals surface area contributed by atoms with E-state index in [0.29, 0.717) is 31.6 Å². The van der Waals surface area contributed by atoms with E-state index in [1.807, 2.05) is 6.07 Å². The maximum Gasteiger partial charge on any atom is 0.288 e. The molecular formula is C15H9ClF2N2OS2.